The third-order valence-electron chi connectivity index (χ3n) is 5.44. The Balaban J connectivity index is 1.58. The maximum atomic E-state index is 12.6. The fourth-order valence-electron chi connectivity index (χ4n) is 3.91. The van der Waals surface area contributed by atoms with Gasteiger partial charge in [-0.05, 0) is 69.8 Å². The van der Waals surface area contributed by atoms with Crippen LogP contribution >= 0.6 is 0 Å². The number of nitrogens with one attached hydrogen (secondary N) is 2. The van der Waals surface area contributed by atoms with E-state index in [-0.39, 0.29) is 11.3 Å². The molecule has 0 aromatic heterocycles. The first-order valence-corrected chi connectivity index (χ1v) is 9.45. The lowest BCUT2D eigenvalue weighted by Crippen LogP contribution is -2.47. The van der Waals surface area contributed by atoms with Gasteiger partial charge in [-0.15, -0.1) is 0 Å². The van der Waals surface area contributed by atoms with Crippen molar-refractivity contribution >= 4 is 5.91 Å². The van der Waals surface area contributed by atoms with Crippen molar-refractivity contribution in [2.75, 3.05) is 33.4 Å². The Kier molecular flexibility index (Phi) is 6.32. The van der Waals surface area contributed by atoms with E-state index in [1.807, 2.05) is 24.3 Å². The molecule has 25 heavy (non-hydrogen) atoms. The van der Waals surface area contributed by atoms with Crippen molar-refractivity contribution in [3.63, 3.8) is 0 Å². The normalized spacial score (nSPS) is 20.4. The molecule has 2 fully saturated rings. The highest BCUT2D eigenvalue weighted by Gasteiger charge is 2.32. The van der Waals surface area contributed by atoms with Gasteiger partial charge in [0.25, 0.3) is 5.91 Å². The molecule has 5 nitrogen and oxygen atoms in total. The number of carbonyl (C=O) groups excluding carboxylic acids is 1. The number of piperidine rings is 1. The zero-order valence-corrected chi connectivity index (χ0v) is 15.2. The van der Waals surface area contributed by atoms with E-state index in [4.69, 9.17) is 9.47 Å². The molecule has 3 rings (SSSR count). The summed E-state index contributed by atoms with van der Waals surface area (Å²) in [4.78, 5) is 12.6. The predicted octanol–water partition coefficient (Wildman–Crippen LogP) is 2.75. The Bertz CT molecular complexity index is 558. The van der Waals surface area contributed by atoms with E-state index in [1.54, 1.807) is 7.11 Å². The molecule has 2 N–H and O–H groups in total. The first-order chi connectivity index (χ1) is 12.2. The second-order valence-corrected chi connectivity index (χ2v) is 7.42. The topological polar surface area (TPSA) is 59.6 Å². The number of hydrogen-bond donors (Lipinski definition) is 2. The lowest BCUT2D eigenvalue weighted by molar-refractivity contribution is 0.0511. The van der Waals surface area contributed by atoms with Crippen LogP contribution in [0.1, 0.15) is 48.9 Å². The Labute approximate surface area is 150 Å². The summed E-state index contributed by atoms with van der Waals surface area (Å²) in [5.41, 5.74) is 0.699. The summed E-state index contributed by atoms with van der Waals surface area (Å²) in [6.45, 7) is 3.28. The summed E-state index contributed by atoms with van der Waals surface area (Å²) in [6.07, 6.45) is 7.05. The van der Waals surface area contributed by atoms with Crippen LogP contribution in [0.2, 0.25) is 0 Å². The van der Waals surface area contributed by atoms with Crippen LogP contribution in [-0.2, 0) is 4.74 Å². The summed E-state index contributed by atoms with van der Waals surface area (Å²) in [6, 6.07) is 7.55. The van der Waals surface area contributed by atoms with E-state index >= 15 is 0 Å². The van der Waals surface area contributed by atoms with Crippen LogP contribution in [0, 0.1) is 5.41 Å². The van der Waals surface area contributed by atoms with Crippen LogP contribution in [0.5, 0.6) is 5.75 Å². The number of ether oxygens (including phenoxy) is 2. The minimum atomic E-state index is -0.0362. The number of amides is 1. The molecule has 1 saturated heterocycles. The van der Waals surface area contributed by atoms with Crippen LogP contribution in [0.3, 0.4) is 0 Å². The van der Waals surface area contributed by atoms with Crippen LogP contribution in [0.15, 0.2) is 24.3 Å². The van der Waals surface area contributed by atoms with Crippen molar-refractivity contribution in [1.29, 1.82) is 0 Å². The van der Waals surface area contributed by atoms with Crippen LogP contribution < -0.4 is 15.4 Å². The average molecular weight is 346 g/mol. The Morgan fingerprint density at radius 3 is 2.76 bits per heavy atom. The van der Waals surface area contributed by atoms with Gasteiger partial charge >= 0.3 is 0 Å². The van der Waals surface area contributed by atoms with E-state index in [0.717, 1.165) is 44.5 Å². The molecule has 1 aromatic rings. The van der Waals surface area contributed by atoms with Crippen LogP contribution in [-0.4, -0.2) is 45.4 Å². The maximum Gasteiger partial charge on any atom is 0.251 e. The second-order valence-electron chi connectivity index (χ2n) is 7.42. The third-order valence-corrected chi connectivity index (χ3v) is 5.44. The first-order valence-electron chi connectivity index (χ1n) is 9.45. The predicted molar refractivity (Wildman–Crippen MR) is 98.1 cm³/mol. The van der Waals surface area contributed by atoms with Gasteiger partial charge < -0.3 is 20.1 Å². The molecule has 1 aliphatic carbocycles. The molecule has 5 heteroatoms. The number of methoxy groups -OCH3 is 1. The number of rotatable bonds is 7. The van der Waals surface area contributed by atoms with E-state index in [9.17, 15) is 4.79 Å². The van der Waals surface area contributed by atoms with Crippen molar-refractivity contribution < 1.29 is 14.3 Å². The largest absolute Gasteiger partial charge is 0.490 e. The van der Waals surface area contributed by atoms with Gasteiger partial charge in [0, 0.05) is 24.6 Å². The molecule has 1 aliphatic heterocycles. The smallest absolute Gasteiger partial charge is 0.251 e. The molecule has 138 valence electrons. The fraction of sp³-hybridized carbons (Fsp3) is 0.650. The third kappa shape index (κ3) is 4.95. The molecule has 0 spiro atoms. The van der Waals surface area contributed by atoms with E-state index < -0.39 is 0 Å². The highest BCUT2D eigenvalue weighted by atomic mass is 16.5. The van der Waals surface area contributed by atoms with E-state index in [2.05, 4.69) is 10.6 Å². The monoisotopic (exact) mass is 346 g/mol. The van der Waals surface area contributed by atoms with Gasteiger partial charge in [0.15, 0.2) is 0 Å². The SMILES string of the molecule is COCC1(CNC(=O)c2cccc(OC3CCCC3)c2)CCNCC1. The first kappa shape index (κ1) is 18.2. The molecule has 1 aromatic carbocycles. The molecule has 0 radical (unpaired) electrons. The molecule has 0 atom stereocenters. The zero-order valence-electron chi connectivity index (χ0n) is 15.2. The Morgan fingerprint density at radius 2 is 2.04 bits per heavy atom. The van der Waals surface area contributed by atoms with Gasteiger partial charge in [-0.2, -0.15) is 0 Å². The average Bonchev–Trinajstić information content (AvgIpc) is 3.14. The van der Waals surface area contributed by atoms with E-state index in [0.29, 0.717) is 24.8 Å². The van der Waals surface area contributed by atoms with Crippen molar-refractivity contribution in [3.05, 3.63) is 29.8 Å². The quantitative estimate of drug-likeness (QED) is 0.797. The zero-order chi connectivity index (χ0) is 17.5. The maximum absolute atomic E-state index is 12.6. The van der Waals surface area contributed by atoms with Gasteiger partial charge in [0.1, 0.15) is 5.75 Å². The van der Waals surface area contributed by atoms with Gasteiger partial charge in [0.2, 0.25) is 0 Å². The molecule has 0 unspecified atom stereocenters. The highest BCUT2D eigenvalue weighted by Crippen LogP contribution is 2.28. The molecule has 1 heterocycles. The fourth-order valence-corrected chi connectivity index (χ4v) is 3.91. The summed E-state index contributed by atoms with van der Waals surface area (Å²) in [7, 11) is 1.73. The van der Waals surface area contributed by atoms with Crippen LogP contribution in [0.4, 0.5) is 0 Å². The highest BCUT2D eigenvalue weighted by molar-refractivity contribution is 5.94. The lowest BCUT2D eigenvalue weighted by Gasteiger charge is -2.37. The molecule has 1 saturated carbocycles. The molecule has 0 bridgehead atoms. The van der Waals surface area contributed by atoms with Crippen molar-refractivity contribution in [1.82, 2.24) is 10.6 Å². The van der Waals surface area contributed by atoms with Crippen LogP contribution in [0.25, 0.3) is 0 Å². The molecular weight excluding hydrogens is 316 g/mol. The second kappa shape index (κ2) is 8.68. The number of carbonyl (C=O) groups is 1. The van der Waals surface area contributed by atoms with E-state index in [1.165, 1.54) is 12.8 Å². The summed E-state index contributed by atoms with van der Waals surface area (Å²) >= 11 is 0. The number of hydrogen-bond acceptors (Lipinski definition) is 4. The van der Waals surface area contributed by atoms with Gasteiger partial charge in [-0.1, -0.05) is 6.07 Å². The standard InChI is InChI=1S/C20H30N2O3/c1-24-15-20(9-11-21-12-10-20)14-22-19(23)16-5-4-8-18(13-16)25-17-6-2-3-7-17/h4-5,8,13,17,21H,2-3,6-7,9-12,14-15H2,1H3,(H,22,23). The Hall–Kier alpha value is -1.59. The summed E-state index contributed by atoms with van der Waals surface area (Å²) in [5, 5.41) is 6.49. The lowest BCUT2D eigenvalue weighted by atomic mass is 9.79. The van der Waals surface area contributed by atoms with Crippen molar-refractivity contribution in [2.45, 2.75) is 44.6 Å². The molecule has 1 amide bonds. The summed E-state index contributed by atoms with van der Waals surface area (Å²) in [5.74, 6) is 0.763. The summed E-state index contributed by atoms with van der Waals surface area (Å²) < 4.78 is 11.4. The van der Waals surface area contributed by atoms with Crippen molar-refractivity contribution in [3.8, 4) is 5.75 Å². The minimum absolute atomic E-state index is 0.0353. The van der Waals surface area contributed by atoms with Gasteiger partial charge in [-0.3, -0.25) is 4.79 Å². The Morgan fingerprint density at radius 1 is 1.28 bits per heavy atom. The molecule has 2 aliphatic rings. The number of benzene rings is 1. The van der Waals surface area contributed by atoms with Gasteiger partial charge in [0.05, 0.1) is 12.7 Å². The minimum Gasteiger partial charge on any atom is -0.490 e. The molecular formula is C20H30N2O3. The van der Waals surface area contributed by atoms with Gasteiger partial charge in [-0.25, -0.2) is 0 Å². The van der Waals surface area contributed by atoms with Crippen molar-refractivity contribution in [2.24, 2.45) is 5.41 Å².